The number of nitrogen functional groups attached to an aromatic ring is 1. The Labute approximate surface area is 71.6 Å². The molecular weight excluding hydrogens is 150 g/mol. The van der Waals surface area contributed by atoms with E-state index in [9.17, 15) is 0 Å². The van der Waals surface area contributed by atoms with Crippen molar-refractivity contribution in [2.24, 2.45) is 0 Å². The van der Waals surface area contributed by atoms with Crippen LogP contribution in [0.3, 0.4) is 0 Å². The van der Waals surface area contributed by atoms with Crippen molar-refractivity contribution in [2.75, 3.05) is 5.73 Å². The van der Waals surface area contributed by atoms with Crippen molar-refractivity contribution in [3.05, 3.63) is 11.8 Å². The lowest BCUT2D eigenvalue weighted by Gasteiger charge is -2.01. The summed E-state index contributed by atoms with van der Waals surface area (Å²) in [5.41, 5.74) is 7.28. The molecule has 0 unspecified atom stereocenters. The third-order valence-electron chi connectivity index (χ3n) is 2.77. The number of nitrogens with zero attached hydrogens (tertiary/aromatic N) is 2. The minimum absolute atomic E-state index is 0.623. The molecule has 0 aromatic carbocycles. The molecule has 12 heavy (non-hydrogen) atoms. The minimum atomic E-state index is 0.623. The number of rotatable bonds is 2. The molecule has 3 nitrogen and oxygen atoms in total. The Bertz CT molecular complexity index is 278. The van der Waals surface area contributed by atoms with Crippen molar-refractivity contribution in [2.45, 2.75) is 37.6 Å². The maximum Gasteiger partial charge on any atom is 0.125 e. The summed E-state index contributed by atoms with van der Waals surface area (Å²) in [5.74, 6) is 1.66. The van der Waals surface area contributed by atoms with E-state index in [2.05, 4.69) is 5.10 Å². The Morgan fingerprint density at radius 3 is 2.67 bits per heavy atom. The molecule has 0 atom stereocenters. The average molecular weight is 163 g/mol. The van der Waals surface area contributed by atoms with Crippen LogP contribution in [0, 0.1) is 0 Å². The molecule has 2 fully saturated rings. The van der Waals surface area contributed by atoms with Crippen molar-refractivity contribution in [3.8, 4) is 0 Å². The molecule has 2 aliphatic carbocycles. The van der Waals surface area contributed by atoms with E-state index in [0.29, 0.717) is 6.04 Å². The van der Waals surface area contributed by atoms with Crippen LogP contribution >= 0.6 is 0 Å². The zero-order valence-corrected chi connectivity index (χ0v) is 7.03. The van der Waals surface area contributed by atoms with Crippen LogP contribution < -0.4 is 5.73 Å². The monoisotopic (exact) mass is 163 g/mol. The average Bonchev–Trinajstić information content (AvgIpc) is 2.94. The van der Waals surface area contributed by atoms with Crippen molar-refractivity contribution in [1.29, 1.82) is 0 Å². The highest BCUT2D eigenvalue weighted by molar-refractivity contribution is 5.44. The van der Waals surface area contributed by atoms with Gasteiger partial charge >= 0.3 is 0 Å². The van der Waals surface area contributed by atoms with Gasteiger partial charge in [-0.2, -0.15) is 5.10 Å². The van der Waals surface area contributed by atoms with E-state index >= 15 is 0 Å². The maximum atomic E-state index is 5.99. The molecule has 0 spiro atoms. The molecule has 1 aromatic rings. The first-order chi connectivity index (χ1) is 5.86. The quantitative estimate of drug-likeness (QED) is 0.720. The molecule has 2 saturated carbocycles. The van der Waals surface area contributed by atoms with Crippen molar-refractivity contribution < 1.29 is 0 Å². The highest BCUT2D eigenvalue weighted by Gasteiger charge is 2.32. The van der Waals surface area contributed by atoms with Gasteiger partial charge in [0.1, 0.15) is 5.82 Å². The fraction of sp³-hybridized carbons (Fsp3) is 0.667. The molecular formula is C9H13N3. The van der Waals surface area contributed by atoms with Gasteiger partial charge in [0, 0.05) is 5.56 Å². The van der Waals surface area contributed by atoms with E-state index in [1.165, 1.54) is 31.2 Å². The number of anilines is 1. The van der Waals surface area contributed by atoms with Gasteiger partial charge in [0.2, 0.25) is 0 Å². The Kier molecular flexibility index (Phi) is 1.10. The van der Waals surface area contributed by atoms with Crippen LogP contribution in [-0.2, 0) is 0 Å². The van der Waals surface area contributed by atoms with Gasteiger partial charge in [0.05, 0.1) is 12.2 Å². The van der Waals surface area contributed by atoms with Gasteiger partial charge in [-0.05, 0) is 31.6 Å². The van der Waals surface area contributed by atoms with Crippen molar-refractivity contribution >= 4 is 5.82 Å². The molecule has 1 heterocycles. The van der Waals surface area contributed by atoms with E-state index in [1.807, 2.05) is 10.9 Å². The Morgan fingerprint density at radius 2 is 2.08 bits per heavy atom. The van der Waals surface area contributed by atoms with Crippen LogP contribution in [0.5, 0.6) is 0 Å². The predicted octanol–water partition coefficient (Wildman–Crippen LogP) is 1.68. The van der Waals surface area contributed by atoms with Gasteiger partial charge in [-0.25, -0.2) is 4.68 Å². The summed E-state index contributed by atoms with van der Waals surface area (Å²) in [5, 5.41) is 4.33. The largest absolute Gasteiger partial charge is 0.384 e. The predicted molar refractivity (Wildman–Crippen MR) is 46.9 cm³/mol. The van der Waals surface area contributed by atoms with Gasteiger partial charge < -0.3 is 5.73 Å². The number of aromatic nitrogens is 2. The summed E-state index contributed by atoms with van der Waals surface area (Å²) < 4.78 is 2.01. The van der Waals surface area contributed by atoms with Crippen LogP contribution in [0.4, 0.5) is 5.82 Å². The Morgan fingerprint density at radius 1 is 1.33 bits per heavy atom. The molecule has 0 amide bonds. The minimum Gasteiger partial charge on any atom is -0.384 e. The summed E-state index contributed by atoms with van der Waals surface area (Å²) >= 11 is 0. The SMILES string of the molecule is Nc1c(C2CC2)cnn1C1CC1. The van der Waals surface area contributed by atoms with Gasteiger partial charge in [-0.1, -0.05) is 0 Å². The second kappa shape index (κ2) is 2.03. The number of hydrogen-bond donors (Lipinski definition) is 1. The van der Waals surface area contributed by atoms with E-state index in [4.69, 9.17) is 5.73 Å². The Hall–Kier alpha value is -0.990. The number of nitrogens with two attached hydrogens (primary N) is 1. The van der Waals surface area contributed by atoms with E-state index in [0.717, 1.165) is 11.7 Å². The molecule has 64 valence electrons. The summed E-state index contributed by atoms with van der Waals surface area (Å²) in [6.45, 7) is 0. The van der Waals surface area contributed by atoms with Crippen molar-refractivity contribution in [1.82, 2.24) is 9.78 Å². The highest BCUT2D eigenvalue weighted by Crippen LogP contribution is 2.45. The van der Waals surface area contributed by atoms with Crippen molar-refractivity contribution in [3.63, 3.8) is 0 Å². The lowest BCUT2D eigenvalue weighted by molar-refractivity contribution is 0.651. The van der Waals surface area contributed by atoms with Gasteiger partial charge in [-0.15, -0.1) is 0 Å². The topological polar surface area (TPSA) is 43.8 Å². The van der Waals surface area contributed by atoms with Crippen LogP contribution in [0.2, 0.25) is 0 Å². The third kappa shape index (κ3) is 0.854. The molecule has 3 heteroatoms. The Balaban J connectivity index is 1.98. The molecule has 2 N–H and O–H groups in total. The van der Waals surface area contributed by atoms with E-state index < -0.39 is 0 Å². The van der Waals surface area contributed by atoms with Crippen LogP contribution in [0.15, 0.2) is 6.20 Å². The summed E-state index contributed by atoms with van der Waals surface area (Å²) in [6.07, 6.45) is 7.10. The summed E-state index contributed by atoms with van der Waals surface area (Å²) in [4.78, 5) is 0. The first-order valence-electron chi connectivity index (χ1n) is 4.69. The summed E-state index contributed by atoms with van der Waals surface area (Å²) in [6, 6.07) is 0.623. The van der Waals surface area contributed by atoms with Crippen LogP contribution in [-0.4, -0.2) is 9.78 Å². The normalized spacial score (nSPS) is 23.0. The molecule has 0 radical (unpaired) electrons. The fourth-order valence-electron chi connectivity index (χ4n) is 1.70. The summed E-state index contributed by atoms with van der Waals surface area (Å²) in [7, 11) is 0. The molecule has 0 bridgehead atoms. The molecule has 3 rings (SSSR count). The number of hydrogen-bond acceptors (Lipinski definition) is 2. The molecule has 0 saturated heterocycles. The fourth-order valence-corrected chi connectivity index (χ4v) is 1.70. The van der Waals surface area contributed by atoms with Gasteiger partial charge in [0.15, 0.2) is 0 Å². The maximum absolute atomic E-state index is 5.99. The molecule has 0 aliphatic heterocycles. The van der Waals surface area contributed by atoms with Gasteiger partial charge in [-0.3, -0.25) is 0 Å². The van der Waals surface area contributed by atoms with Crippen LogP contribution in [0.1, 0.15) is 43.2 Å². The zero-order chi connectivity index (χ0) is 8.13. The van der Waals surface area contributed by atoms with E-state index in [-0.39, 0.29) is 0 Å². The lowest BCUT2D eigenvalue weighted by atomic mass is 10.2. The van der Waals surface area contributed by atoms with Gasteiger partial charge in [0.25, 0.3) is 0 Å². The lowest BCUT2D eigenvalue weighted by Crippen LogP contribution is -2.02. The highest BCUT2D eigenvalue weighted by atomic mass is 15.3. The second-order valence-electron chi connectivity index (χ2n) is 3.94. The van der Waals surface area contributed by atoms with Crippen LogP contribution in [0.25, 0.3) is 0 Å². The third-order valence-corrected chi connectivity index (χ3v) is 2.77. The van der Waals surface area contributed by atoms with E-state index in [1.54, 1.807) is 0 Å². The first-order valence-corrected chi connectivity index (χ1v) is 4.69. The smallest absolute Gasteiger partial charge is 0.125 e. The zero-order valence-electron chi connectivity index (χ0n) is 7.03. The second-order valence-corrected chi connectivity index (χ2v) is 3.94. The molecule has 1 aromatic heterocycles. The molecule has 2 aliphatic rings. The first kappa shape index (κ1) is 6.52. The standard InChI is InChI=1S/C9H13N3/c10-9-8(6-1-2-6)5-11-12(9)7-3-4-7/h5-7H,1-4,10H2.